The van der Waals surface area contributed by atoms with Gasteiger partial charge in [0.25, 0.3) is 0 Å². The summed E-state index contributed by atoms with van der Waals surface area (Å²) in [6, 6.07) is 7.53. The quantitative estimate of drug-likeness (QED) is 0.809. The van der Waals surface area contributed by atoms with E-state index in [4.69, 9.17) is 0 Å². The highest BCUT2D eigenvalue weighted by Crippen LogP contribution is 2.12. The number of amides is 1. The van der Waals surface area contributed by atoms with Gasteiger partial charge in [0.15, 0.2) is 0 Å². The van der Waals surface area contributed by atoms with Gasteiger partial charge in [-0.2, -0.15) is 0 Å². The fourth-order valence-electron chi connectivity index (χ4n) is 2.01. The third kappa shape index (κ3) is 1.92. The van der Waals surface area contributed by atoms with Crippen molar-refractivity contribution in [1.82, 2.24) is 14.0 Å². The van der Waals surface area contributed by atoms with Gasteiger partial charge in [-0.05, 0) is 19.1 Å². The minimum atomic E-state index is -0.131. The summed E-state index contributed by atoms with van der Waals surface area (Å²) >= 11 is 0. The summed E-state index contributed by atoms with van der Waals surface area (Å²) < 4.78 is 3.21. The lowest BCUT2D eigenvalue weighted by atomic mass is 10.3. The number of rotatable bonds is 3. The Kier molecular flexibility index (Phi) is 3.23. The molecule has 0 saturated heterocycles. The van der Waals surface area contributed by atoms with Crippen molar-refractivity contribution >= 4 is 16.9 Å². The van der Waals surface area contributed by atoms with Crippen LogP contribution in [0.5, 0.6) is 0 Å². The number of hydrogen-bond donors (Lipinski definition) is 0. The average molecular weight is 247 g/mol. The van der Waals surface area contributed by atoms with Crippen molar-refractivity contribution in [2.24, 2.45) is 0 Å². The fraction of sp³-hybridized carbons (Fsp3) is 0.385. The van der Waals surface area contributed by atoms with Crippen LogP contribution in [0, 0.1) is 0 Å². The number of carbonyl (C=O) groups is 1. The number of likely N-dealkylation sites (N-methyl/N-ethyl adjacent to an activating group) is 1. The summed E-state index contributed by atoms with van der Waals surface area (Å²) in [6.07, 6.45) is 0. The van der Waals surface area contributed by atoms with E-state index < -0.39 is 0 Å². The number of carbonyl (C=O) groups excluding carboxylic acids is 1. The van der Waals surface area contributed by atoms with Crippen molar-refractivity contribution < 1.29 is 4.79 Å². The number of para-hydroxylation sites is 2. The van der Waals surface area contributed by atoms with Crippen molar-refractivity contribution in [2.45, 2.75) is 20.0 Å². The summed E-state index contributed by atoms with van der Waals surface area (Å²) in [5, 5.41) is 0. The lowest BCUT2D eigenvalue weighted by molar-refractivity contribution is -0.129. The molecule has 96 valence electrons. The van der Waals surface area contributed by atoms with Crippen molar-refractivity contribution in [1.29, 1.82) is 0 Å². The highest BCUT2D eigenvalue weighted by Gasteiger charge is 2.14. The van der Waals surface area contributed by atoms with Crippen molar-refractivity contribution in [3.8, 4) is 0 Å². The van der Waals surface area contributed by atoms with Crippen LogP contribution in [-0.4, -0.2) is 34.0 Å². The van der Waals surface area contributed by atoms with E-state index in [9.17, 15) is 9.59 Å². The maximum absolute atomic E-state index is 12.2. The van der Waals surface area contributed by atoms with Gasteiger partial charge in [-0.3, -0.25) is 13.9 Å². The standard InChI is InChI=1S/C13H17N3O2/c1-4-15-10-7-5-6-8-11(10)16(13(15)18)9-12(17)14(2)3/h5-8H,4,9H2,1-3H3. The third-order valence-corrected chi connectivity index (χ3v) is 3.03. The number of fused-ring (bicyclic) bond motifs is 1. The Morgan fingerprint density at radius 1 is 1.17 bits per heavy atom. The molecule has 2 aromatic rings. The molecule has 0 bridgehead atoms. The Labute approximate surface area is 105 Å². The van der Waals surface area contributed by atoms with E-state index in [1.165, 1.54) is 9.47 Å². The van der Waals surface area contributed by atoms with Gasteiger partial charge in [0.05, 0.1) is 11.0 Å². The molecule has 0 N–H and O–H groups in total. The van der Waals surface area contributed by atoms with Gasteiger partial charge in [-0.15, -0.1) is 0 Å². The highest BCUT2D eigenvalue weighted by molar-refractivity contribution is 5.80. The van der Waals surface area contributed by atoms with Crippen LogP contribution in [0.15, 0.2) is 29.1 Å². The van der Waals surface area contributed by atoms with Crippen LogP contribution in [0.1, 0.15) is 6.92 Å². The number of nitrogens with zero attached hydrogens (tertiary/aromatic N) is 3. The van der Waals surface area contributed by atoms with Gasteiger partial charge in [0, 0.05) is 20.6 Å². The van der Waals surface area contributed by atoms with E-state index >= 15 is 0 Å². The van der Waals surface area contributed by atoms with Crippen LogP contribution < -0.4 is 5.69 Å². The Morgan fingerprint density at radius 3 is 2.22 bits per heavy atom. The fourth-order valence-corrected chi connectivity index (χ4v) is 2.01. The molecule has 1 aromatic carbocycles. The molecule has 1 aromatic heterocycles. The van der Waals surface area contributed by atoms with Crippen LogP contribution in [0.25, 0.3) is 11.0 Å². The molecule has 1 amide bonds. The monoisotopic (exact) mass is 247 g/mol. The average Bonchev–Trinajstić information content (AvgIpc) is 2.62. The molecule has 0 saturated carbocycles. The molecule has 0 spiro atoms. The summed E-state index contributed by atoms with van der Waals surface area (Å²) in [4.78, 5) is 25.5. The van der Waals surface area contributed by atoms with Gasteiger partial charge >= 0.3 is 5.69 Å². The van der Waals surface area contributed by atoms with Crippen LogP contribution in [-0.2, 0) is 17.9 Å². The number of hydrogen-bond acceptors (Lipinski definition) is 2. The van der Waals surface area contributed by atoms with Gasteiger partial charge in [0.1, 0.15) is 6.54 Å². The van der Waals surface area contributed by atoms with Crippen LogP contribution >= 0.6 is 0 Å². The largest absolute Gasteiger partial charge is 0.347 e. The lowest BCUT2D eigenvalue weighted by Gasteiger charge is -2.10. The van der Waals surface area contributed by atoms with Crippen LogP contribution in [0.2, 0.25) is 0 Å². The highest BCUT2D eigenvalue weighted by atomic mass is 16.2. The molecule has 5 nitrogen and oxygen atoms in total. The molecule has 0 atom stereocenters. The van der Waals surface area contributed by atoms with Gasteiger partial charge in [-0.1, -0.05) is 12.1 Å². The number of aromatic nitrogens is 2. The first-order valence-corrected chi connectivity index (χ1v) is 5.94. The second kappa shape index (κ2) is 4.68. The molecular weight excluding hydrogens is 230 g/mol. The Hall–Kier alpha value is -2.04. The summed E-state index contributed by atoms with van der Waals surface area (Å²) in [5.41, 5.74) is 1.55. The zero-order chi connectivity index (χ0) is 13.3. The second-order valence-electron chi connectivity index (χ2n) is 4.39. The Morgan fingerprint density at radius 2 is 1.72 bits per heavy atom. The summed E-state index contributed by atoms with van der Waals surface area (Å²) in [6.45, 7) is 2.60. The molecule has 0 fully saturated rings. The predicted molar refractivity (Wildman–Crippen MR) is 70.6 cm³/mol. The topological polar surface area (TPSA) is 47.2 Å². The molecule has 18 heavy (non-hydrogen) atoms. The van der Waals surface area contributed by atoms with Crippen molar-refractivity contribution in [3.05, 3.63) is 34.7 Å². The third-order valence-electron chi connectivity index (χ3n) is 3.03. The first-order chi connectivity index (χ1) is 8.56. The maximum Gasteiger partial charge on any atom is 0.329 e. The summed E-state index contributed by atoms with van der Waals surface area (Å²) in [7, 11) is 3.37. The zero-order valence-electron chi connectivity index (χ0n) is 10.9. The van der Waals surface area contributed by atoms with E-state index in [1.54, 1.807) is 18.7 Å². The summed E-state index contributed by atoms with van der Waals surface area (Å²) in [5.74, 6) is -0.0869. The first-order valence-electron chi connectivity index (χ1n) is 5.94. The second-order valence-corrected chi connectivity index (χ2v) is 4.39. The molecular formula is C13H17N3O2. The van der Waals surface area contributed by atoms with E-state index in [2.05, 4.69) is 0 Å². The van der Waals surface area contributed by atoms with E-state index in [0.717, 1.165) is 11.0 Å². The minimum Gasteiger partial charge on any atom is -0.347 e. The maximum atomic E-state index is 12.2. The molecule has 0 unspecified atom stereocenters. The van der Waals surface area contributed by atoms with E-state index in [1.807, 2.05) is 31.2 Å². The minimum absolute atomic E-state index is 0.0827. The molecule has 0 aliphatic carbocycles. The van der Waals surface area contributed by atoms with Crippen molar-refractivity contribution in [3.63, 3.8) is 0 Å². The molecule has 0 aliphatic rings. The van der Waals surface area contributed by atoms with Gasteiger partial charge < -0.3 is 4.90 Å². The lowest BCUT2D eigenvalue weighted by Crippen LogP contribution is -2.32. The smallest absolute Gasteiger partial charge is 0.329 e. The number of imidazole rings is 1. The van der Waals surface area contributed by atoms with Gasteiger partial charge in [0.2, 0.25) is 5.91 Å². The van der Waals surface area contributed by atoms with Gasteiger partial charge in [-0.25, -0.2) is 4.79 Å². The predicted octanol–water partition coefficient (Wildman–Crippen LogP) is 0.911. The number of aryl methyl sites for hydroxylation is 1. The van der Waals surface area contributed by atoms with E-state index in [-0.39, 0.29) is 18.1 Å². The molecule has 5 heteroatoms. The molecule has 0 aliphatic heterocycles. The van der Waals surface area contributed by atoms with E-state index in [0.29, 0.717) is 6.54 Å². The van der Waals surface area contributed by atoms with Crippen LogP contribution in [0.3, 0.4) is 0 Å². The Bertz CT molecular complexity index is 637. The normalized spacial score (nSPS) is 10.8. The number of benzene rings is 1. The van der Waals surface area contributed by atoms with Crippen molar-refractivity contribution in [2.75, 3.05) is 14.1 Å². The molecule has 2 rings (SSSR count). The Balaban J connectivity index is 2.60. The zero-order valence-corrected chi connectivity index (χ0v) is 10.9. The SMILES string of the molecule is CCn1c(=O)n(CC(=O)N(C)C)c2ccccc21. The van der Waals surface area contributed by atoms with Crippen LogP contribution in [0.4, 0.5) is 0 Å². The molecule has 1 heterocycles. The molecule has 0 radical (unpaired) electrons. The first kappa shape index (κ1) is 12.4.